The van der Waals surface area contributed by atoms with Crippen molar-refractivity contribution in [1.29, 1.82) is 0 Å². The summed E-state index contributed by atoms with van der Waals surface area (Å²) >= 11 is 0. The zero-order valence-electron chi connectivity index (χ0n) is 22.9. The van der Waals surface area contributed by atoms with Crippen LogP contribution in [0.15, 0.2) is 140 Å². The van der Waals surface area contributed by atoms with Crippen LogP contribution in [-0.2, 0) is 0 Å². The maximum Gasteiger partial charge on any atom is 0.182 e. The van der Waals surface area contributed by atoms with Crippen LogP contribution in [0.2, 0.25) is 0 Å². The van der Waals surface area contributed by atoms with Gasteiger partial charge in [0.2, 0.25) is 0 Å². The molecule has 0 saturated carbocycles. The number of nitrogens with zero attached hydrogens (tertiary/aromatic N) is 7. The number of aromatic nitrogens is 7. The van der Waals surface area contributed by atoms with Crippen molar-refractivity contribution in [3.05, 3.63) is 140 Å². The molecule has 202 valence electrons. The first-order chi connectivity index (χ1) is 21.3. The summed E-state index contributed by atoms with van der Waals surface area (Å²) in [5.41, 5.74) is 6.61. The fourth-order valence-corrected chi connectivity index (χ4v) is 5.38. The topological polar surface area (TPSA) is 82.3 Å². The third-order valence-electron chi connectivity index (χ3n) is 7.44. The SMILES string of the molecule is c1ccc(-c2nc(-c3cnc(-c4ccc(-n5c6ccccc6c6ccccc65)cc4)nc3)nc(-c3ccccn3)n2)cc1. The third kappa shape index (κ3) is 4.49. The highest BCUT2D eigenvalue weighted by Crippen LogP contribution is 2.32. The molecule has 0 saturated heterocycles. The molecule has 8 rings (SSSR count). The Bertz CT molecular complexity index is 2100. The number of hydrogen-bond donors (Lipinski definition) is 0. The first-order valence-electron chi connectivity index (χ1n) is 14.0. The Morgan fingerprint density at radius 2 is 0.953 bits per heavy atom. The van der Waals surface area contributed by atoms with Gasteiger partial charge in [-0.2, -0.15) is 0 Å². The van der Waals surface area contributed by atoms with Crippen molar-refractivity contribution in [2.24, 2.45) is 0 Å². The number of pyridine rings is 1. The zero-order chi connectivity index (χ0) is 28.6. The summed E-state index contributed by atoms with van der Waals surface area (Å²) in [6.07, 6.45) is 5.25. The second kappa shape index (κ2) is 10.4. The molecule has 0 bridgehead atoms. The van der Waals surface area contributed by atoms with Crippen LogP contribution in [-0.4, -0.2) is 34.5 Å². The number of benzene rings is 4. The van der Waals surface area contributed by atoms with Gasteiger partial charge >= 0.3 is 0 Å². The lowest BCUT2D eigenvalue weighted by Gasteiger charge is -2.09. The lowest BCUT2D eigenvalue weighted by molar-refractivity contribution is 1.05. The fourth-order valence-electron chi connectivity index (χ4n) is 5.38. The van der Waals surface area contributed by atoms with Crippen LogP contribution in [0.1, 0.15) is 0 Å². The Morgan fingerprint density at radius 3 is 1.60 bits per heavy atom. The van der Waals surface area contributed by atoms with Crippen molar-refractivity contribution in [2.45, 2.75) is 0 Å². The van der Waals surface area contributed by atoms with Gasteiger partial charge in [0.15, 0.2) is 23.3 Å². The Morgan fingerprint density at radius 1 is 0.395 bits per heavy atom. The van der Waals surface area contributed by atoms with Gasteiger partial charge in [0.05, 0.1) is 16.6 Å². The summed E-state index contributed by atoms with van der Waals surface area (Å²) in [5.74, 6) is 2.17. The number of rotatable bonds is 5. The van der Waals surface area contributed by atoms with E-state index in [1.807, 2.05) is 48.5 Å². The molecule has 8 aromatic rings. The van der Waals surface area contributed by atoms with Crippen LogP contribution >= 0.6 is 0 Å². The van der Waals surface area contributed by atoms with Crippen molar-refractivity contribution in [2.75, 3.05) is 0 Å². The standard InChI is InChI=1S/C36H23N7/c1-2-10-24(11-3-1)34-40-35(42-36(41-34)30-14-8-9-21-37-30)26-22-38-33(39-23-26)25-17-19-27(20-18-25)43-31-15-6-4-12-28(31)29-13-5-7-16-32(29)43/h1-23H. The molecule has 0 aliphatic carbocycles. The van der Waals surface area contributed by atoms with Gasteiger partial charge in [0.1, 0.15) is 5.69 Å². The predicted molar refractivity (Wildman–Crippen MR) is 169 cm³/mol. The molecule has 0 aliphatic heterocycles. The second-order valence-electron chi connectivity index (χ2n) is 10.1. The van der Waals surface area contributed by atoms with Crippen molar-refractivity contribution in [3.8, 4) is 51.4 Å². The lowest BCUT2D eigenvalue weighted by atomic mass is 10.1. The molecular weight excluding hydrogens is 530 g/mol. The lowest BCUT2D eigenvalue weighted by Crippen LogP contribution is -2.01. The molecule has 0 N–H and O–H groups in total. The molecule has 4 aromatic carbocycles. The average Bonchev–Trinajstić information content (AvgIpc) is 3.43. The first-order valence-corrected chi connectivity index (χ1v) is 14.0. The molecule has 4 heterocycles. The summed E-state index contributed by atoms with van der Waals surface area (Å²) in [5, 5.41) is 2.47. The van der Waals surface area contributed by atoms with Crippen LogP contribution in [0.5, 0.6) is 0 Å². The van der Waals surface area contributed by atoms with Gasteiger partial charge in [-0.3, -0.25) is 4.98 Å². The normalized spacial score (nSPS) is 11.3. The van der Waals surface area contributed by atoms with Crippen molar-refractivity contribution < 1.29 is 0 Å². The number of hydrogen-bond acceptors (Lipinski definition) is 6. The van der Waals surface area contributed by atoms with Crippen LogP contribution in [0.4, 0.5) is 0 Å². The van der Waals surface area contributed by atoms with E-state index in [0.717, 1.165) is 16.8 Å². The van der Waals surface area contributed by atoms with E-state index in [1.54, 1.807) is 18.6 Å². The maximum atomic E-state index is 4.76. The monoisotopic (exact) mass is 553 g/mol. The summed E-state index contributed by atoms with van der Waals surface area (Å²) in [7, 11) is 0. The molecule has 7 nitrogen and oxygen atoms in total. The first kappa shape index (κ1) is 24.7. The molecule has 0 atom stereocenters. The third-order valence-corrected chi connectivity index (χ3v) is 7.44. The van der Waals surface area contributed by atoms with E-state index in [0.29, 0.717) is 34.6 Å². The van der Waals surface area contributed by atoms with Gasteiger partial charge in [0.25, 0.3) is 0 Å². The molecule has 0 radical (unpaired) electrons. The fraction of sp³-hybridized carbons (Fsp3) is 0. The smallest absolute Gasteiger partial charge is 0.182 e. The number of para-hydroxylation sites is 2. The quantitative estimate of drug-likeness (QED) is 0.216. The summed E-state index contributed by atoms with van der Waals surface area (Å²) in [6.45, 7) is 0. The molecule has 0 amide bonds. The molecular formula is C36H23N7. The van der Waals surface area contributed by atoms with Gasteiger partial charge in [-0.15, -0.1) is 0 Å². The highest BCUT2D eigenvalue weighted by Gasteiger charge is 2.15. The van der Waals surface area contributed by atoms with Gasteiger partial charge in [0, 0.05) is 46.2 Å². The Hall–Kier alpha value is -6.08. The molecule has 0 spiro atoms. The van der Waals surface area contributed by atoms with E-state index < -0.39 is 0 Å². The molecule has 4 aromatic heterocycles. The average molecular weight is 554 g/mol. The van der Waals surface area contributed by atoms with Crippen LogP contribution in [0, 0.1) is 0 Å². The summed E-state index contributed by atoms with van der Waals surface area (Å²) < 4.78 is 2.29. The van der Waals surface area contributed by atoms with Gasteiger partial charge in [-0.05, 0) is 48.5 Å². The minimum Gasteiger partial charge on any atom is -0.309 e. The van der Waals surface area contributed by atoms with Crippen LogP contribution in [0.25, 0.3) is 73.2 Å². The van der Waals surface area contributed by atoms with E-state index in [9.17, 15) is 0 Å². The summed E-state index contributed by atoms with van der Waals surface area (Å²) in [6, 6.07) is 40.9. The van der Waals surface area contributed by atoms with E-state index >= 15 is 0 Å². The molecule has 7 heteroatoms. The van der Waals surface area contributed by atoms with Gasteiger partial charge < -0.3 is 4.57 Å². The van der Waals surface area contributed by atoms with Crippen LogP contribution < -0.4 is 0 Å². The second-order valence-corrected chi connectivity index (χ2v) is 10.1. The molecule has 0 unspecified atom stereocenters. The van der Waals surface area contributed by atoms with E-state index in [4.69, 9.17) is 15.0 Å². The minimum atomic E-state index is 0.489. The number of fused-ring (bicyclic) bond motifs is 3. The Balaban J connectivity index is 1.15. The van der Waals surface area contributed by atoms with Crippen LogP contribution in [0.3, 0.4) is 0 Å². The molecule has 43 heavy (non-hydrogen) atoms. The van der Waals surface area contributed by atoms with Crippen molar-refractivity contribution in [1.82, 2.24) is 34.5 Å². The highest BCUT2D eigenvalue weighted by atomic mass is 15.1. The minimum absolute atomic E-state index is 0.489. The van der Waals surface area contributed by atoms with E-state index in [2.05, 4.69) is 92.3 Å². The molecule has 0 fully saturated rings. The van der Waals surface area contributed by atoms with Gasteiger partial charge in [-0.25, -0.2) is 24.9 Å². The predicted octanol–water partition coefficient (Wildman–Crippen LogP) is 7.82. The largest absolute Gasteiger partial charge is 0.309 e. The Kier molecular flexibility index (Phi) is 5.97. The van der Waals surface area contributed by atoms with Gasteiger partial charge in [-0.1, -0.05) is 72.8 Å². The maximum absolute atomic E-state index is 4.76. The van der Waals surface area contributed by atoms with Crippen molar-refractivity contribution >= 4 is 21.8 Å². The van der Waals surface area contributed by atoms with E-state index in [1.165, 1.54) is 21.8 Å². The van der Waals surface area contributed by atoms with Crippen molar-refractivity contribution in [3.63, 3.8) is 0 Å². The highest BCUT2D eigenvalue weighted by molar-refractivity contribution is 6.09. The summed E-state index contributed by atoms with van der Waals surface area (Å²) in [4.78, 5) is 28.0. The van der Waals surface area contributed by atoms with E-state index in [-0.39, 0.29) is 0 Å². The zero-order valence-corrected chi connectivity index (χ0v) is 22.9. The molecule has 0 aliphatic rings. The Labute approximate surface area is 247 Å².